The summed E-state index contributed by atoms with van der Waals surface area (Å²) < 4.78 is 0. The summed E-state index contributed by atoms with van der Waals surface area (Å²) in [5.41, 5.74) is 2.21. The van der Waals surface area contributed by atoms with Gasteiger partial charge >= 0.3 is 0 Å². The minimum Gasteiger partial charge on any atom is -0.388 e. The molecule has 19 heavy (non-hydrogen) atoms. The molecule has 0 bridgehead atoms. The van der Waals surface area contributed by atoms with Crippen LogP contribution in [0.4, 0.5) is 5.69 Å². The molecule has 2 N–H and O–H groups in total. The van der Waals surface area contributed by atoms with Crippen LogP contribution >= 0.6 is 0 Å². The molecule has 104 valence electrons. The van der Waals surface area contributed by atoms with Crippen LogP contribution in [0.3, 0.4) is 0 Å². The number of fused-ring (bicyclic) bond motifs is 1. The van der Waals surface area contributed by atoms with E-state index in [1.165, 1.54) is 0 Å². The van der Waals surface area contributed by atoms with E-state index in [1.807, 2.05) is 32.0 Å². The fraction of sp³-hybridized carbons (Fsp3) is 0.562. The molecular formula is C16H23NO2. The van der Waals surface area contributed by atoms with Crippen molar-refractivity contribution in [3.8, 4) is 0 Å². The van der Waals surface area contributed by atoms with Crippen molar-refractivity contribution in [3.63, 3.8) is 0 Å². The van der Waals surface area contributed by atoms with Crippen LogP contribution in [0.2, 0.25) is 0 Å². The molecule has 1 heterocycles. The summed E-state index contributed by atoms with van der Waals surface area (Å²) >= 11 is 0. The lowest BCUT2D eigenvalue weighted by molar-refractivity contribution is -0.119. The van der Waals surface area contributed by atoms with E-state index in [-0.39, 0.29) is 11.8 Å². The zero-order valence-electron chi connectivity index (χ0n) is 12.3. The molecule has 3 heteroatoms. The minimum atomic E-state index is -0.522. The first-order chi connectivity index (χ1) is 8.75. The average molecular weight is 261 g/mol. The lowest BCUT2D eigenvalue weighted by Gasteiger charge is -2.24. The van der Waals surface area contributed by atoms with Crippen molar-refractivity contribution in [1.29, 1.82) is 0 Å². The first kappa shape index (κ1) is 14.1. The van der Waals surface area contributed by atoms with Crippen molar-refractivity contribution >= 4 is 11.6 Å². The van der Waals surface area contributed by atoms with Crippen LogP contribution in [0.25, 0.3) is 0 Å². The molecule has 0 spiro atoms. The quantitative estimate of drug-likeness (QED) is 0.877. The molecule has 1 aromatic carbocycles. The number of aliphatic hydroxyl groups is 1. The number of anilines is 1. The zero-order valence-corrected chi connectivity index (χ0v) is 12.3. The monoisotopic (exact) mass is 261 g/mol. The molecule has 0 saturated heterocycles. The number of benzene rings is 1. The summed E-state index contributed by atoms with van der Waals surface area (Å²) in [7, 11) is 0. The third-order valence-electron chi connectivity index (χ3n) is 4.42. The third kappa shape index (κ3) is 2.27. The number of hydrogen-bond donors (Lipinski definition) is 2. The molecule has 1 aliphatic heterocycles. The molecule has 0 saturated carbocycles. The molecule has 0 radical (unpaired) electrons. The van der Waals surface area contributed by atoms with E-state index in [2.05, 4.69) is 26.1 Å². The molecule has 1 amide bonds. The second kappa shape index (κ2) is 4.64. The highest BCUT2D eigenvalue weighted by Gasteiger charge is 2.38. The molecule has 0 aromatic heterocycles. The Morgan fingerprint density at radius 2 is 1.84 bits per heavy atom. The van der Waals surface area contributed by atoms with Gasteiger partial charge in [-0.05, 0) is 42.9 Å². The minimum absolute atomic E-state index is 0.0195. The molecule has 2 unspecified atom stereocenters. The number of carbonyl (C=O) groups is 1. The van der Waals surface area contributed by atoms with E-state index in [0.29, 0.717) is 5.92 Å². The Hall–Kier alpha value is -1.35. The first-order valence-electron chi connectivity index (χ1n) is 6.89. The molecule has 0 aliphatic carbocycles. The summed E-state index contributed by atoms with van der Waals surface area (Å²) in [4.78, 5) is 11.9. The summed E-state index contributed by atoms with van der Waals surface area (Å²) in [6.07, 6.45) is -0.489. The number of amides is 1. The zero-order chi connectivity index (χ0) is 14.4. The highest BCUT2D eigenvalue weighted by Crippen LogP contribution is 2.39. The highest BCUT2D eigenvalue weighted by molar-refractivity contribution is 6.05. The second-order valence-corrected chi connectivity index (χ2v) is 6.43. The number of aliphatic hydroxyl groups excluding tert-OH is 1. The molecule has 2 atom stereocenters. The fourth-order valence-corrected chi connectivity index (χ4v) is 2.44. The van der Waals surface area contributed by atoms with E-state index in [1.54, 1.807) is 0 Å². The van der Waals surface area contributed by atoms with Gasteiger partial charge in [0.25, 0.3) is 0 Å². The lowest BCUT2D eigenvalue weighted by atomic mass is 9.82. The Labute approximate surface area is 115 Å². The molecular weight excluding hydrogens is 238 g/mol. The smallest absolute Gasteiger partial charge is 0.234 e. The van der Waals surface area contributed by atoms with Gasteiger partial charge in [0.1, 0.15) is 0 Å². The predicted octanol–water partition coefficient (Wildman–Crippen LogP) is 3.24. The number of carbonyl (C=O) groups excluding carboxylic acids is 1. The molecule has 0 fully saturated rings. The average Bonchev–Trinajstić information content (AvgIpc) is 2.58. The van der Waals surface area contributed by atoms with Gasteiger partial charge in [0.15, 0.2) is 0 Å². The van der Waals surface area contributed by atoms with Crippen LogP contribution < -0.4 is 5.32 Å². The van der Waals surface area contributed by atoms with Crippen LogP contribution in [-0.2, 0) is 10.2 Å². The van der Waals surface area contributed by atoms with Gasteiger partial charge < -0.3 is 10.4 Å². The lowest BCUT2D eigenvalue weighted by Crippen LogP contribution is -2.27. The first-order valence-corrected chi connectivity index (χ1v) is 6.89. The Morgan fingerprint density at radius 3 is 2.42 bits per heavy atom. The van der Waals surface area contributed by atoms with E-state index in [9.17, 15) is 9.90 Å². The third-order valence-corrected chi connectivity index (χ3v) is 4.42. The summed E-state index contributed by atoms with van der Waals surface area (Å²) in [6.45, 7) is 10.1. The Balaban J connectivity index is 2.38. The Kier molecular flexibility index (Phi) is 3.43. The van der Waals surface area contributed by atoms with Gasteiger partial charge in [-0.25, -0.2) is 0 Å². The van der Waals surface area contributed by atoms with E-state index >= 15 is 0 Å². The summed E-state index contributed by atoms with van der Waals surface area (Å²) in [6, 6.07) is 5.77. The number of nitrogens with one attached hydrogen (secondary N) is 1. The van der Waals surface area contributed by atoms with Crippen molar-refractivity contribution in [2.75, 3.05) is 5.32 Å². The summed E-state index contributed by atoms with van der Waals surface area (Å²) in [5.74, 6) is 0.619. The number of rotatable bonds is 3. The Morgan fingerprint density at radius 1 is 1.21 bits per heavy atom. The van der Waals surface area contributed by atoms with Gasteiger partial charge in [-0.2, -0.15) is 0 Å². The van der Waals surface area contributed by atoms with Crippen molar-refractivity contribution in [1.82, 2.24) is 0 Å². The van der Waals surface area contributed by atoms with Crippen molar-refractivity contribution < 1.29 is 9.90 Å². The van der Waals surface area contributed by atoms with Crippen LogP contribution in [0, 0.1) is 11.8 Å². The molecule has 1 aliphatic rings. The van der Waals surface area contributed by atoms with E-state index in [4.69, 9.17) is 0 Å². The van der Waals surface area contributed by atoms with Gasteiger partial charge in [0.2, 0.25) is 5.91 Å². The fourth-order valence-electron chi connectivity index (χ4n) is 2.44. The van der Waals surface area contributed by atoms with Crippen LogP contribution in [-0.4, -0.2) is 11.0 Å². The maximum atomic E-state index is 11.9. The topological polar surface area (TPSA) is 49.3 Å². The highest BCUT2D eigenvalue weighted by atomic mass is 16.3. The normalized spacial score (nSPS) is 20.1. The van der Waals surface area contributed by atoms with Gasteiger partial charge in [-0.3, -0.25) is 4.79 Å². The number of hydrogen-bond acceptors (Lipinski definition) is 2. The van der Waals surface area contributed by atoms with Crippen molar-refractivity contribution in [2.24, 2.45) is 11.8 Å². The van der Waals surface area contributed by atoms with Crippen LogP contribution in [0.5, 0.6) is 0 Å². The van der Waals surface area contributed by atoms with Crippen LogP contribution in [0.15, 0.2) is 18.2 Å². The van der Waals surface area contributed by atoms with E-state index in [0.717, 1.165) is 16.8 Å². The van der Waals surface area contributed by atoms with Gasteiger partial charge in [0.05, 0.1) is 11.5 Å². The van der Waals surface area contributed by atoms with Gasteiger partial charge in [0, 0.05) is 5.69 Å². The molecule has 3 nitrogen and oxygen atoms in total. The maximum Gasteiger partial charge on any atom is 0.234 e. The predicted molar refractivity (Wildman–Crippen MR) is 77.1 cm³/mol. The Bertz CT molecular complexity index is 505. The standard InChI is InChI=1S/C16H23NO2/c1-9(2)10(3)14(18)11-6-7-13-12(8-11)16(4,5)15(19)17-13/h6-10,14,18H,1-5H3,(H,17,19). The second-order valence-electron chi connectivity index (χ2n) is 6.43. The van der Waals surface area contributed by atoms with Crippen molar-refractivity contribution in [2.45, 2.75) is 46.1 Å². The van der Waals surface area contributed by atoms with E-state index < -0.39 is 11.5 Å². The van der Waals surface area contributed by atoms with Crippen LogP contribution in [0.1, 0.15) is 51.8 Å². The largest absolute Gasteiger partial charge is 0.388 e. The molecule has 2 rings (SSSR count). The van der Waals surface area contributed by atoms with Gasteiger partial charge in [-0.15, -0.1) is 0 Å². The van der Waals surface area contributed by atoms with Gasteiger partial charge in [-0.1, -0.05) is 32.9 Å². The SMILES string of the molecule is CC(C)C(C)C(O)c1ccc2c(c1)C(C)(C)C(=O)N2. The summed E-state index contributed by atoms with van der Waals surface area (Å²) in [5, 5.41) is 13.3. The van der Waals surface area contributed by atoms with Crippen molar-refractivity contribution in [3.05, 3.63) is 29.3 Å². The molecule has 1 aromatic rings. The maximum absolute atomic E-state index is 11.9.